The standard InChI is InChI=1S/C29H31ClN4O5/c1-17(19-6-9-22(36-3)10-7-19)33-15-21(13-27(33)35)18(2)39-29-28-23(30)14-31-34(28)16-24(32-29)20-8-11-25(37-4)26(12-20)38-5/h6-12,14,16-18,21H,13,15H2,1-5H3/t17?,18?,21-/m1/s1. The van der Waals surface area contributed by atoms with Gasteiger partial charge in [0, 0.05) is 24.4 Å². The molecule has 9 nitrogen and oxygen atoms in total. The molecule has 0 aliphatic carbocycles. The molecule has 3 heterocycles. The number of halogens is 1. The number of ether oxygens (including phenoxy) is 4. The molecule has 2 aromatic heterocycles. The van der Waals surface area contributed by atoms with Crippen LogP contribution in [0.1, 0.15) is 31.9 Å². The van der Waals surface area contributed by atoms with Crippen LogP contribution < -0.4 is 18.9 Å². The summed E-state index contributed by atoms with van der Waals surface area (Å²) in [5, 5.41) is 4.81. The van der Waals surface area contributed by atoms with E-state index in [9.17, 15) is 4.79 Å². The summed E-state index contributed by atoms with van der Waals surface area (Å²) in [6.45, 7) is 4.58. The largest absolute Gasteiger partial charge is 0.497 e. The van der Waals surface area contributed by atoms with E-state index in [1.165, 1.54) is 0 Å². The highest BCUT2D eigenvalue weighted by Crippen LogP contribution is 2.36. The fraction of sp³-hybridized carbons (Fsp3) is 0.345. The third kappa shape index (κ3) is 5.18. The van der Waals surface area contributed by atoms with Crippen LogP contribution in [-0.4, -0.2) is 59.4 Å². The van der Waals surface area contributed by atoms with Crippen LogP contribution in [0.25, 0.3) is 16.8 Å². The predicted molar refractivity (Wildman–Crippen MR) is 148 cm³/mol. The fourth-order valence-corrected chi connectivity index (χ4v) is 5.16. The minimum atomic E-state index is -0.301. The number of likely N-dealkylation sites (tertiary alicyclic amines) is 1. The number of fused-ring (bicyclic) bond motifs is 1. The van der Waals surface area contributed by atoms with E-state index >= 15 is 0 Å². The van der Waals surface area contributed by atoms with Gasteiger partial charge in [0.25, 0.3) is 0 Å². The second-order valence-electron chi connectivity index (χ2n) is 9.57. The summed E-state index contributed by atoms with van der Waals surface area (Å²) in [6.07, 6.45) is 3.44. The zero-order valence-electron chi connectivity index (χ0n) is 22.6. The maximum absolute atomic E-state index is 13.0. The van der Waals surface area contributed by atoms with Crippen LogP contribution in [0.2, 0.25) is 5.02 Å². The molecule has 1 aliphatic heterocycles. The van der Waals surface area contributed by atoms with Crippen LogP contribution in [0.4, 0.5) is 0 Å². The van der Waals surface area contributed by atoms with Crippen molar-refractivity contribution < 1.29 is 23.7 Å². The molecule has 1 fully saturated rings. The first kappa shape index (κ1) is 26.6. The van der Waals surface area contributed by atoms with E-state index in [1.54, 1.807) is 38.2 Å². The summed E-state index contributed by atoms with van der Waals surface area (Å²) in [7, 11) is 4.81. The summed E-state index contributed by atoms with van der Waals surface area (Å²) in [4.78, 5) is 19.7. The van der Waals surface area contributed by atoms with Gasteiger partial charge in [-0.1, -0.05) is 23.7 Å². The minimum absolute atomic E-state index is 0.0218. The molecule has 10 heteroatoms. The molecule has 204 valence electrons. The van der Waals surface area contributed by atoms with E-state index in [4.69, 9.17) is 35.5 Å². The summed E-state index contributed by atoms with van der Waals surface area (Å²) in [5.41, 5.74) is 3.05. The van der Waals surface area contributed by atoms with E-state index < -0.39 is 0 Å². The topological polar surface area (TPSA) is 87.4 Å². The average Bonchev–Trinajstić information content (AvgIpc) is 3.54. The maximum Gasteiger partial charge on any atom is 0.242 e. The number of carbonyl (C=O) groups excluding carboxylic acids is 1. The summed E-state index contributed by atoms with van der Waals surface area (Å²) in [5.74, 6) is 2.41. The lowest BCUT2D eigenvalue weighted by molar-refractivity contribution is -0.129. The van der Waals surface area contributed by atoms with Crippen molar-refractivity contribution in [2.75, 3.05) is 27.9 Å². The minimum Gasteiger partial charge on any atom is -0.497 e. The van der Waals surface area contributed by atoms with Crippen LogP contribution in [0.3, 0.4) is 0 Å². The van der Waals surface area contributed by atoms with Crippen molar-refractivity contribution in [2.24, 2.45) is 5.92 Å². The van der Waals surface area contributed by atoms with Crippen molar-refractivity contribution in [1.29, 1.82) is 0 Å². The number of hydrogen-bond acceptors (Lipinski definition) is 7. The number of methoxy groups -OCH3 is 3. The molecule has 1 amide bonds. The van der Waals surface area contributed by atoms with Crippen molar-refractivity contribution >= 4 is 23.0 Å². The molecule has 2 unspecified atom stereocenters. The van der Waals surface area contributed by atoms with Crippen LogP contribution in [0.5, 0.6) is 23.1 Å². The molecule has 0 bridgehead atoms. The second kappa shape index (κ2) is 11.0. The first-order valence-corrected chi connectivity index (χ1v) is 13.1. The molecule has 4 aromatic rings. The Balaban J connectivity index is 1.39. The van der Waals surface area contributed by atoms with Crippen LogP contribution in [0.15, 0.2) is 54.9 Å². The molecule has 0 saturated carbocycles. The molecule has 0 spiro atoms. The van der Waals surface area contributed by atoms with Gasteiger partial charge in [0.05, 0.1) is 50.5 Å². The Hall–Kier alpha value is -3.98. The Morgan fingerprint density at radius 3 is 2.44 bits per heavy atom. The van der Waals surface area contributed by atoms with Gasteiger partial charge in [-0.05, 0) is 49.7 Å². The third-order valence-electron chi connectivity index (χ3n) is 7.31. The number of carbonyl (C=O) groups is 1. The Morgan fingerprint density at radius 1 is 1.00 bits per heavy atom. The van der Waals surface area contributed by atoms with Crippen LogP contribution >= 0.6 is 11.6 Å². The first-order valence-electron chi connectivity index (χ1n) is 12.7. The normalized spacial score (nSPS) is 16.8. The lowest BCUT2D eigenvalue weighted by Crippen LogP contribution is -2.31. The quantitative estimate of drug-likeness (QED) is 0.274. The number of hydrogen-bond donors (Lipinski definition) is 0. The van der Waals surface area contributed by atoms with Gasteiger partial charge in [0.15, 0.2) is 11.5 Å². The Kier molecular flexibility index (Phi) is 7.52. The van der Waals surface area contributed by atoms with Gasteiger partial charge in [0.1, 0.15) is 17.4 Å². The van der Waals surface area contributed by atoms with Gasteiger partial charge in [-0.2, -0.15) is 5.10 Å². The van der Waals surface area contributed by atoms with Gasteiger partial charge in [-0.25, -0.2) is 9.50 Å². The molecule has 39 heavy (non-hydrogen) atoms. The van der Waals surface area contributed by atoms with Crippen molar-refractivity contribution in [3.63, 3.8) is 0 Å². The average molecular weight is 551 g/mol. The Labute approximate surface area is 232 Å². The Morgan fingerprint density at radius 2 is 1.74 bits per heavy atom. The molecule has 5 rings (SSSR count). The molecular weight excluding hydrogens is 520 g/mol. The van der Waals surface area contributed by atoms with Gasteiger partial charge >= 0.3 is 0 Å². The van der Waals surface area contributed by atoms with E-state index in [2.05, 4.69) is 5.10 Å². The zero-order chi connectivity index (χ0) is 27.7. The second-order valence-corrected chi connectivity index (χ2v) is 9.98. The molecule has 2 aromatic carbocycles. The highest BCUT2D eigenvalue weighted by Gasteiger charge is 2.37. The molecular formula is C29H31ClN4O5. The summed E-state index contributed by atoms with van der Waals surface area (Å²) < 4.78 is 24.2. The highest BCUT2D eigenvalue weighted by molar-refractivity contribution is 6.34. The molecule has 0 N–H and O–H groups in total. The lowest BCUT2D eigenvalue weighted by atomic mass is 10.0. The number of amides is 1. The van der Waals surface area contributed by atoms with Gasteiger partial charge in [0.2, 0.25) is 11.8 Å². The van der Waals surface area contributed by atoms with E-state index in [-0.39, 0.29) is 24.0 Å². The summed E-state index contributed by atoms with van der Waals surface area (Å²) in [6, 6.07) is 13.3. The van der Waals surface area contributed by atoms with E-state index in [0.29, 0.717) is 46.6 Å². The molecule has 1 saturated heterocycles. The van der Waals surface area contributed by atoms with E-state index in [1.807, 2.05) is 61.2 Å². The van der Waals surface area contributed by atoms with Crippen LogP contribution in [-0.2, 0) is 4.79 Å². The van der Waals surface area contributed by atoms with Crippen molar-refractivity contribution in [1.82, 2.24) is 19.5 Å². The number of rotatable bonds is 9. The SMILES string of the molecule is COc1ccc(C(C)N2C[C@H](C(C)Oc3nc(-c4ccc(OC)c(OC)c4)cn4ncc(Cl)c34)CC2=O)cc1. The van der Waals surface area contributed by atoms with E-state index in [0.717, 1.165) is 16.9 Å². The summed E-state index contributed by atoms with van der Waals surface area (Å²) >= 11 is 6.47. The van der Waals surface area contributed by atoms with Crippen molar-refractivity contribution in [3.8, 4) is 34.4 Å². The lowest BCUT2D eigenvalue weighted by Gasteiger charge is -2.26. The smallest absolute Gasteiger partial charge is 0.242 e. The maximum atomic E-state index is 13.0. The van der Waals surface area contributed by atoms with Gasteiger partial charge in [-0.3, -0.25) is 4.79 Å². The molecule has 0 radical (unpaired) electrons. The number of benzene rings is 2. The zero-order valence-corrected chi connectivity index (χ0v) is 23.3. The molecule has 3 atom stereocenters. The fourth-order valence-electron chi connectivity index (χ4n) is 4.95. The Bertz CT molecular complexity index is 1490. The number of nitrogens with zero attached hydrogens (tertiary/aromatic N) is 4. The molecule has 1 aliphatic rings. The first-order chi connectivity index (χ1) is 18.8. The predicted octanol–water partition coefficient (Wildman–Crippen LogP) is 5.45. The van der Waals surface area contributed by atoms with Crippen molar-refractivity contribution in [3.05, 3.63) is 65.4 Å². The number of aromatic nitrogens is 3. The van der Waals surface area contributed by atoms with Crippen LogP contribution in [0, 0.1) is 5.92 Å². The monoisotopic (exact) mass is 550 g/mol. The van der Waals surface area contributed by atoms with Gasteiger partial charge < -0.3 is 23.8 Å². The van der Waals surface area contributed by atoms with Gasteiger partial charge in [-0.15, -0.1) is 0 Å². The van der Waals surface area contributed by atoms with Crippen molar-refractivity contribution in [2.45, 2.75) is 32.4 Å². The third-order valence-corrected chi connectivity index (χ3v) is 7.59. The highest BCUT2D eigenvalue weighted by atomic mass is 35.5.